The minimum absolute atomic E-state index is 0.100. The number of nitrogens with one attached hydrogen (secondary N) is 1. The molecular weight excluding hydrogens is 411 g/mol. The number of nitrogens with zero attached hydrogens (tertiary/aromatic N) is 1. The summed E-state index contributed by atoms with van der Waals surface area (Å²) < 4.78 is 44.8. The number of carbonyl (C=O) groups excluding carboxylic acids is 2. The van der Waals surface area contributed by atoms with Gasteiger partial charge in [-0.15, -0.1) is 0 Å². The van der Waals surface area contributed by atoms with Crippen LogP contribution in [0.25, 0.3) is 6.08 Å². The van der Waals surface area contributed by atoms with E-state index in [4.69, 9.17) is 0 Å². The third kappa shape index (κ3) is 5.52. The molecule has 160 valence electrons. The van der Waals surface area contributed by atoms with Gasteiger partial charge in [-0.05, 0) is 42.0 Å². The molecule has 0 fully saturated rings. The summed E-state index contributed by atoms with van der Waals surface area (Å²) in [4.78, 5) is 23.8. The van der Waals surface area contributed by atoms with E-state index in [0.717, 1.165) is 6.07 Å². The molecule has 9 heteroatoms. The maximum Gasteiger partial charge on any atom is 0.337 e. The molecule has 0 aliphatic heterocycles. The Morgan fingerprint density at radius 1 is 1.10 bits per heavy atom. The summed E-state index contributed by atoms with van der Waals surface area (Å²) in [6.45, 7) is 4.27. The predicted octanol–water partition coefficient (Wildman–Crippen LogP) is 3.29. The second-order valence-electron chi connectivity index (χ2n) is 6.17. The molecule has 30 heavy (non-hydrogen) atoms. The van der Waals surface area contributed by atoms with Crippen LogP contribution in [0.2, 0.25) is 0 Å². The summed E-state index contributed by atoms with van der Waals surface area (Å²) in [7, 11) is -2.36. The fourth-order valence-corrected chi connectivity index (χ4v) is 4.13. The Bertz CT molecular complexity index is 1050. The van der Waals surface area contributed by atoms with Crippen molar-refractivity contribution in [2.24, 2.45) is 0 Å². The first kappa shape index (κ1) is 23.2. The molecule has 7 nitrogen and oxygen atoms in total. The van der Waals surface area contributed by atoms with Crippen LogP contribution in [0.15, 0.2) is 53.4 Å². The largest absolute Gasteiger partial charge is 0.465 e. The van der Waals surface area contributed by atoms with Gasteiger partial charge in [0.25, 0.3) is 0 Å². The van der Waals surface area contributed by atoms with E-state index < -0.39 is 27.7 Å². The molecule has 0 heterocycles. The maximum atomic E-state index is 13.9. The van der Waals surface area contributed by atoms with Gasteiger partial charge in [-0.1, -0.05) is 26.0 Å². The lowest BCUT2D eigenvalue weighted by atomic mass is 10.2. The topological polar surface area (TPSA) is 92.8 Å². The maximum absolute atomic E-state index is 13.9. The molecule has 0 unspecified atom stereocenters. The molecule has 0 aliphatic carbocycles. The molecule has 0 radical (unpaired) electrons. The summed E-state index contributed by atoms with van der Waals surface area (Å²) in [5.74, 6) is -1.97. The quantitative estimate of drug-likeness (QED) is 0.508. The number of esters is 1. The first-order valence-corrected chi connectivity index (χ1v) is 10.6. The molecule has 0 aromatic heterocycles. The van der Waals surface area contributed by atoms with Gasteiger partial charge in [0, 0.05) is 19.2 Å². The minimum Gasteiger partial charge on any atom is -0.465 e. The lowest BCUT2D eigenvalue weighted by molar-refractivity contribution is -0.111. The van der Waals surface area contributed by atoms with E-state index in [0.29, 0.717) is 18.7 Å². The number of benzene rings is 2. The zero-order chi connectivity index (χ0) is 22.3. The van der Waals surface area contributed by atoms with E-state index >= 15 is 0 Å². The molecule has 0 atom stereocenters. The number of rotatable bonds is 8. The van der Waals surface area contributed by atoms with Crippen LogP contribution in [0.4, 0.5) is 10.1 Å². The Hall–Kier alpha value is -3.04. The SMILES string of the molecule is CCN(CC)S(=O)(=O)c1ccc(/C=C/C(=O)Nc2cc(C(=O)OC)ccc2F)cc1. The van der Waals surface area contributed by atoms with E-state index in [1.54, 1.807) is 26.0 Å². The highest BCUT2D eigenvalue weighted by Gasteiger charge is 2.21. The van der Waals surface area contributed by atoms with E-state index in [1.807, 2.05) is 0 Å². The molecule has 0 saturated carbocycles. The number of carbonyl (C=O) groups is 2. The Kier molecular flexibility index (Phi) is 7.85. The van der Waals surface area contributed by atoms with Crippen LogP contribution in [0.3, 0.4) is 0 Å². The number of methoxy groups -OCH3 is 1. The van der Waals surface area contributed by atoms with E-state index in [1.165, 1.54) is 47.8 Å². The van der Waals surface area contributed by atoms with Crippen molar-refractivity contribution in [3.05, 3.63) is 65.5 Å². The molecule has 0 spiro atoms. The number of amides is 1. The van der Waals surface area contributed by atoms with Gasteiger partial charge in [0.15, 0.2) is 0 Å². The number of ether oxygens (including phenoxy) is 1. The van der Waals surface area contributed by atoms with Crippen molar-refractivity contribution in [2.45, 2.75) is 18.7 Å². The summed E-state index contributed by atoms with van der Waals surface area (Å²) >= 11 is 0. The lowest BCUT2D eigenvalue weighted by Crippen LogP contribution is -2.30. The monoisotopic (exact) mass is 434 g/mol. The normalized spacial score (nSPS) is 11.6. The zero-order valence-corrected chi connectivity index (χ0v) is 17.7. The van der Waals surface area contributed by atoms with Crippen molar-refractivity contribution in [1.29, 1.82) is 0 Å². The number of anilines is 1. The van der Waals surface area contributed by atoms with Gasteiger partial charge >= 0.3 is 5.97 Å². The van der Waals surface area contributed by atoms with E-state index in [-0.39, 0.29) is 16.1 Å². The fourth-order valence-electron chi connectivity index (χ4n) is 2.68. The molecule has 1 amide bonds. The van der Waals surface area contributed by atoms with Crippen molar-refractivity contribution >= 4 is 33.7 Å². The molecule has 0 saturated heterocycles. The standard InChI is InChI=1S/C21H23FN2O5S/c1-4-24(5-2)30(27,28)17-10-6-15(7-11-17)8-13-20(25)23-19-14-16(21(26)29-3)9-12-18(19)22/h6-14H,4-5H2,1-3H3,(H,23,25)/b13-8+. The van der Waals surface area contributed by atoms with Crippen molar-refractivity contribution in [3.8, 4) is 0 Å². The van der Waals surface area contributed by atoms with Crippen molar-refractivity contribution in [3.63, 3.8) is 0 Å². The number of halogens is 1. The van der Waals surface area contributed by atoms with Gasteiger partial charge in [0.05, 0.1) is 23.3 Å². The highest BCUT2D eigenvalue weighted by atomic mass is 32.2. The van der Waals surface area contributed by atoms with Crippen LogP contribution < -0.4 is 5.32 Å². The van der Waals surface area contributed by atoms with Crippen LogP contribution in [-0.2, 0) is 19.6 Å². The summed E-state index contributed by atoms with van der Waals surface area (Å²) in [6, 6.07) is 9.55. The van der Waals surface area contributed by atoms with Crippen molar-refractivity contribution in [2.75, 3.05) is 25.5 Å². The smallest absolute Gasteiger partial charge is 0.337 e. The van der Waals surface area contributed by atoms with Crippen LogP contribution in [0, 0.1) is 5.82 Å². The Morgan fingerprint density at radius 2 is 1.73 bits per heavy atom. The van der Waals surface area contributed by atoms with Gasteiger partial charge in [-0.3, -0.25) is 4.79 Å². The number of hydrogen-bond acceptors (Lipinski definition) is 5. The number of hydrogen-bond donors (Lipinski definition) is 1. The van der Waals surface area contributed by atoms with E-state index in [9.17, 15) is 22.4 Å². The van der Waals surface area contributed by atoms with Crippen LogP contribution >= 0.6 is 0 Å². The average Bonchev–Trinajstić information content (AvgIpc) is 2.74. The molecule has 2 aromatic carbocycles. The predicted molar refractivity (Wildman–Crippen MR) is 112 cm³/mol. The first-order valence-electron chi connectivity index (χ1n) is 9.20. The number of sulfonamides is 1. The summed E-state index contributed by atoms with van der Waals surface area (Å²) in [5, 5.41) is 2.35. The van der Waals surface area contributed by atoms with Crippen molar-refractivity contribution in [1.82, 2.24) is 4.31 Å². The fraction of sp³-hybridized carbons (Fsp3) is 0.238. The van der Waals surface area contributed by atoms with E-state index in [2.05, 4.69) is 10.1 Å². The van der Waals surface area contributed by atoms with Gasteiger partial charge in [-0.2, -0.15) is 4.31 Å². The molecular formula is C21H23FN2O5S. The third-order valence-corrected chi connectivity index (χ3v) is 6.36. The van der Waals surface area contributed by atoms with Crippen molar-refractivity contribution < 1.29 is 27.1 Å². The highest BCUT2D eigenvalue weighted by molar-refractivity contribution is 7.89. The molecule has 1 N–H and O–H groups in total. The Morgan fingerprint density at radius 3 is 2.30 bits per heavy atom. The van der Waals surface area contributed by atoms with Gasteiger partial charge in [0.2, 0.25) is 15.9 Å². The lowest BCUT2D eigenvalue weighted by Gasteiger charge is -2.18. The minimum atomic E-state index is -3.56. The Labute approximate surface area is 175 Å². The Balaban J connectivity index is 2.11. The van der Waals surface area contributed by atoms with Crippen LogP contribution in [-0.4, -0.2) is 44.8 Å². The van der Waals surface area contributed by atoms with Gasteiger partial charge in [-0.25, -0.2) is 17.6 Å². The third-order valence-electron chi connectivity index (χ3n) is 4.30. The molecule has 2 aromatic rings. The average molecular weight is 434 g/mol. The molecule has 0 bridgehead atoms. The summed E-state index contributed by atoms with van der Waals surface area (Å²) in [6.07, 6.45) is 2.64. The zero-order valence-electron chi connectivity index (χ0n) is 16.9. The highest BCUT2D eigenvalue weighted by Crippen LogP contribution is 2.18. The first-order chi connectivity index (χ1) is 14.2. The van der Waals surface area contributed by atoms with Gasteiger partial charge in [0.1, 0.15) is 5.82 Å². The van der Waals surface area contributed by atoms with Gasteiger partial charge < -0.3 is 10.1 Å². The second kappa shape index (κ2) is 10.1. The summed E-state index contributed by atoms with van der Waals surface area (Å²) in [5.41, 5.74) is 0.531. The second-order valence-corrected chi connectivity index (χ2v) is 8.11. The van der Waals surface area contributed by atoms with Crippen LogP contribution in [0.5, 0.6) is 0 Å². The van der Waals surface area contributed by atoms with Crippen LogP contribution in [0.1, 0.15) is 29.8 Å². The molecule has 0 aliphatic rings. The molecule has 2 rings (SSSR count).